The summed E-state index contributed by atoms with van der Waals surface area (Å²) in [5.41, 5.74) is 9.57. The van der Waals surface area contributed by atoms with Crippen LogP contribution in [0.3, 0.4) is 0 Å². The Hall–Kier alpha value is -5.10. The summed E-state index contributed by atoms with van der Waals surface area (Å²) in [6.45, 7) is 14.8. The summed E-state index contributed by atoms with van der Waals surface area (Å²) in [7, 11) is 0. The molecule has 0 bridgehead atoms. The van der Waals surface area contributed by atoms with Crippen LogP contribution in [0.15, 0.2) is 110 Å². The third kappa shape index (κ3) is 9.57. The summed E-state index contributed by atoms with van der Waals surface area (Å²) in [4.78, 5) is 23.0. The molecule has 0 saturated carbocycles. The lowest BCUT2D eigenvalue weighted by Crippen LogP contribution is -2.23. The van der Waals surface area contributed by atoms with Crippen molar-refractivity contribution in [3.05, 3.63) is 121 Å². The highest BCUT2D eigenvalue weighted by atomic mass is 16.7. The van der Waals surface area contributed by atoms with Gasteiger partial charge in [0.25, 0.3) is 0 Å². The van der Waals surface area contributed by atoms with E-state index in [2.05, 4.69) is 94.6 Å². The fourth-order valence-corrected chi connectivity index (χ4v) is 6.58. The summed E-state index contributed by atoms with van der Waals surface area (Å²) < 4.78 is 22.5. The van der Waals surface area contributed by atoms with E-state index in [1.165, 1.54) is 40.0 Å². The van der Waals surface area contributed by atoms with Crippen LogP contribution in [0.1, 0.15) is 83.3 Å². The molecule has 0 aromatic heterocycles. The zero-order chi connectivity index (χ0) is 36.2. The van der Waals surface area contributed by atoms with E-state index in [4.69, 9.17) is 18.9 Å². The van der Waals surface area contributed by atoms with Crippen LogP contribution in [0.4, 0.5) is 0 Å². The Bertz CT molecular complexity index is 1800. The van der Waals surface area contributed by atoms with Crippen molar-refractivity contribution in [1.82, 2.24) is 0 Å². The third-order valence-corrected chi connectivity index (χ3v) is 9.49. The number of fused-ring (bicyclic) bond motifs is 3. The lowest BCUT2D eigenvalue weighted by Gasteiger charge is -2.23. The average molecular weight is 687 g/mol. The summed E-state index contributed by atoms with van der Waals surface area (Å²) in [5, 5.41) is 0. The Morgan fingerprint density at radius 1 is 0.647 bits per heavy atom. The van der Waals surface area contributed by atoms with Crippen molar-refractivity contribution in [3.63, 3.8) is 0 Å². The van der Waals surface area contributed by atoms with Crippen molar-refractivity contribution in [3.8, 4) is 44.9 Å². The highest BCUT2D eigenvalue weighted by molar-refractivity contribution is 5.86. The van der Waals surface area contributed by atoms with E-state index < -0.39 is 12.3 Å². The van der Waals surface area contributed by atoms with Crippen LogP contribution in [0.2, 0.25) is 0 Å². The van der Waals surface area contributed by atoms with Gasteiger partial charge in [-0.2, -0.15) is 0 Å². The van der Waals surface area contributed by atoms with Gasteiger partial charge in [0.1, 0.15) is 11.5 Å². The topological polar surface area (TPSA) is 71.1 Å². The van der Waals surface area contributed by atoms with Crippen LogP contribution >= 0.6 is 0 Å². The molecule has 0 aliphatic heterocycles. The molecule has 4 aromatic carbocycles. The van der Waals surface area contributed by atoms with Gasteiger partial charge in [-0.3, -0.25) is 0 Å². The molecule has 0 radical (unpaired) electrons. The molecule has 0 spiro atoms. The molecule has 5 rings (SSSR count). The van der Waals surface area contributed by atoms with E-state index in [0.717, 1.165) is 67.4 Å². The molecule has 51 heavy (non-hydrogen) atoms. The van der Waals surface area contributed by atoms with Gasteiger partial charge in [-0.05, 0) is 113 Å². The fraction of sp³-hybridized carbons (Fsp3) is 0.333. The number of benzene rings is 4. The Labute approximate surface area is 303 Å². The zero-order valence-corrected chi connectivity index (χ0v) is 30.2. The largest absolute Gasteiger partial charge is 0.494 e. The second kappa shape index (κ2) is 17.7. The molecular weight excluding hydrogens is 636 g/mol. The maximum absolute atomic E-state index is 11.9. The van der Waals surface area contributed by atoms with Crippen LogP contribution in [-0.4, -0.2) is 31.4 Å². The van der Waals surface area contributed by atoms with E-state index in [1.807, 2.05) is 24.3 Å². The molecule has 1 unspecified atom stereocenters. The Morgan fingerprint density at radius 2 is 1.18 bits per heavy atom. The minimum absolute atomic E-state index is 0.170. The van der Waals surface area contributed by atoms with E-state index in [-0.39, 0.29) is 11.4 Å². The normalized spacial score (nSPS) is 13.0. The molecule has 1 aliphatic rings. The van der Waals surface area contributed by atoms with Crippen molar-refractivity contribution in [1.29, 1.82) is 0 Å². The summed E-state index contributed by atoms with van der Waals surface area (Å²) in [6, 6.07) is 29.9. The van der Waals surface area contributed by atoms with Gasteiger partial charge in [-0.25, -0.2) is 9.59 Å². The van der Waals surface area contributed by atoms with Gasteiger partial charge >= 0.3 is 11.9 Å². The van der Waals surface area contributed by atoms with E-state index in [1.54, 1.807) is 0 Å². The van der Waals surface area contributed by atoms with Gasteiger partial charge < -0.3 is 18.9 Å². The van der Waals surface area contributed by atoms with Crippen LogP contribution in [-0.2, 0) is 24.5 Å². The fourth-order valence-electron chi connectivity index (χ4n) is 6.58. The van der Waals surface area contributed by atoms with Crippen LogP contribution in [0, 0.1) is 0 Å². The minimum Gasteiger partial charge on any atom is -0.494 e. The Balaban J connectivity index is 1.20. The van der Waals surface area contributed by atoms with Gasteiger partial charge in [0.2, 0.25) is 6.29 Å². The number of hydrogen-bond donors (Lipinski definition) is 0. The predicted octanol–water partition coefficient (Wildman–Crippen LogP) is 11.0. The van der Waals surface area contributed by atoms with E-state index in [0.29, 0.717) is 25.4 Å². The molecule has 0 N–H and O–H groups in total. The standard InChI is InChI=1S/C45H50O6/c1-6-9-12-15-44(51-43(47)8-3)50-37-24-18-33(19-25-37)35-21-27-39-38-26-20-34(30-40(38)45(4,5)41(39)31-35)32-16-22-36(23-17-32)48-28-13-10-11-14-29-49-42(46)7-2/h7-8,16-27,30-31,44H,2-3,6,9-15,28-29H2,1,4-5H3. The lowest BCUT2D eigenvalue weighted by atomic mass is 9.81. The van der Waals surface area contributed by atoms with Gasteiger partial charge in [-0.1, -0.05) is 95.3 Å². The molecule has 0 heterocycles. The average Bonchev–Trinajstić information content (AvgIpc) is 3.38. The summed E-state index contributed by atoms with van der Waals surface area (Å²) in [6.07, 6.45) is 9.22. The van der Waals surface area contributed by atoms with Gasteiger partial charge in [-0.15, -0.1) is 0 Å². The number of carbonyl (C=O) groups is 2. The first-order valence-electron chi connectivity index (χ1n) is 18.2. The highest BCUT2D eigenvalue weighted by Gasteiger charge is 2.35. The Morgan fingerprint density at radius 3 is 1.73 bits per heavy atom. The van der Waals surface area contributed by atoms with Crippen LogP contribution < -0.4 is 9.47 Å². The molecule has 0 fully saturated rings. The molecule has 1 atom stereocenters. The summed E-state index contributed by atoms with van der Waals surface area (Å²) in [5.74, 6) is 0.681. The molecule has 0 saturated heterocycles. The molecule has 4 aromatic rings. The number of ether oxygens (including phenoxy) is 4. The molecule has 6 heteroatoms. The number of carbonyl (C=O) groups excluding carboxylic acids is 2. The SMILES string of the molecule is C=CC(=O)OCCCCCCOc1ccc(-c2ccc3c(c2)C(C)(C)c2cc(-c4ccc(OC(CCCCC)OC(=O)C=C)cc4)ccc2-3)cc1. The van der Waals surface area contributed by atoms with Crippen molar-refractivity contribution in [2.24, 2.45) is 0 Å². The van der Waals surface area contributed by atoms with Crippen molar-refractivity contribution < 1.29 is 28.5 Å². The van der Waals surface area contributed by atoms with Gasteiger partial charge in [0.05, 0.1) is 13.2 Å². The first-order valence-corrected chi connectivity index (χ1v) is 18.2. The van der Waals surface area contributed by atoms with Crippen molar-refractivity contribution >= 4 is 11.9 Å². The predicted molar refractivity (Wildman–Crippen MR) is 205 cm³/mol. The first kappa shape index (κ1) is 37.2. The molecular formula is C45H50O6. The molecule has 0 amide bonds. The van der Waals surface area contributed by atoms with Crippen LogP contribution in [0.5, 0.6) is 11.5 Å². The summed E-state index contributed by atoms with van der Waals surface area (Å²) >= 11 is 0. The highest BCUT2D eigenvalue weighted by Crippen LogP contribution is 2.50. The van der Waals surface area contributed by atoms with Gasteiger partial charge in [0, 0.05) is 24.0 Å². The van der Waals surface area contributed by atoms with Crippen molar-refractivity contribution in [2.75, 3.05) is 13.2 Å². The number of unbranched alkanes of at least 4 members (excludes halogenated alkanes) is 5. The third-order valence-electron chi connectivity index (χ3n) is 9.49. The lowest BCUT2D eigenvalue weighted by molar-refractivity contribution is -0.158. The maximum atomic E-state index is 11.9. The molecule has 266 valence electrons. The first-order chi connectivity index (χ1) is 24.7. The molecule has 6 nitrogen and oxygen atoms in total. The smallest absolute Gasteiger partial charge is 0.333 e. The van der Waals surface area contributed by atoms with Gasteiger partial charge in [0.15, 0.2) is 0 Å². The zero-order valence-electron chi connectivity index (χ0n) is 30.2. The minimum atomic E-state index is -0.640. The van der Waals surface area contributed by atoms with Crippen molar-refractivity contribution in [2.45, 2.75) is 83.8 Å². The monoisotopic (exact) mass is 686 g/mol. The second-order valence-electron chi connectivity index (χ2n) is 13.5. The quantitative estimate of drug-likeness (QED) is 0.0423. The number of rotatable bonds is 19. The number of esters is 2. The molecule has 1 aliphatic carbocycles. The van der Waals surface area contributed by atoms with E-state index >= 15 is 0 Å². The van der Waals surface area contributed by atoms with Crippen LogP contribution in [0.25, 0.3) is 33.4 Å². The number of hydrogen-bond acceptors (Lipinski definition) is 6. The van der Waals surface area contributed by atoms with E-state index in [9.17, 15) is 9.59 Å². The second-order valence-corrected chi connectivity index (χ2v) is 13.5. The maximum Gasteiger partial charge on any atom is 0.333 e. The Kier molecular flexibility index (Phi) is 12.9.